The van der Waals surface area contributed by atoms with E-state index in [9.17, 15) is 9.46 Å². The molecule has 29 heavy (non-hydrogen) atoms. The number of rotatable bonds is 22. The summed E-state index contributed by atoms with van der Waals surface area (Å²) in [5.41, 5.74) is 0. The van der Waals surface area contributed by atoms with Gasteiger partial charge in [-0.25, -0.2) is 0 Å². The Hall–Kier alpha value is -0.190. The molecule has 0 rings (SSSR count). The first-order valence-electron chi connectivity index (χ1n) is 11.9. The second-order valence-corrected chi connectivity index (χ2v) is 10.3. The molecule has 0 saturated heterocycles. The smallest absolute Gasteiger partial charge is 0.268 e. The zero-order chi connectivity index (χ0) is 21.8. The zero-order valence-corrected chi connectivity index (χ0v) is 20.4. The maximum Gasteiger partial charge on any atom is 0.268 e. The molecule has 0 aromatic carbocycles. The van der Waals surface area contributed by atoms with Gasteiger partial charge in [0.25, 0.3) is 7.82 Å². The lowest BCUT2D eigenvalue weighted by Gasteiger charge is -2.30. The first-order chi connectivity index (χ1) is 13.8. The molecule has 0 aromatic heterocycles. The van der Waals surface area contributed by atoms with Crippen molar-refractivity contribution in [2.75, 3.05) is 40.4 Å². The molecule has 1 atom stereocenters. The fraction of sp³-hybridized carbons (Fsp3) is 0.913. The molecule has 0 aliphatic rings. The van der Waals surface area contributed by atoms with Crippen LogP contribution in [0.1, 0.15) is 96.8 Å². The van der Waals surface area contributed by atoms with E-state index in [4.69, 9.17) is 9.05 Å². The summed E-state index contributed by atoms with van der Waals surface area (Å²) in [5.74, 6) is 0. The van der Waals surface area contributed by atoms with Gasteiger partial charge in [0.15, 0.2) is 0 Å². The largest absolute Gasteiger partial charge is 0.756 e. The highest BCUT2D eigenvalue weighted by Crippen LogP contribution is 2.38. The molecule has 0 amide bonds. The summed E-state index contributed by atoms with van der Waals surface area (Å²) in [4.78, 5) is 11.8. The van der Waals surface area contributed by atoms with Crippen LogP contribution in [0, 0.1) is 0 Å². The minimum absolute atomic E-state index is 0.139. The van der Waals surface area contributed by atoms with Gasteiger partial charge in [-0.05, 0) is 12.5 Å². The summed E-state index contributed by atoms with van der Waals surface area (Å²) in [6.45, 7) is 7.70. The van der Waals surface area contributed by atoms with Gasteiger partial charge < -0.3 is 18.4 Å². The number of likely N-dealkylation sites (N-methyl/N-ethyl adjacent to an activating group) is 1. The van der Waals surface area contributed by atoms with Crippen molar-refractivity contribution >= 4 is 7.82 Å². The topological polar surface area (TPSA) is 58.6 Å². The van der Waals surface area contributed by atoms with Crippen LogP contribution in [0.15, 0.2) is 12.7 Å². The molecule has 0 aliphatic carbocycles. The van der Waals surface area contributed by atoms with Crippen LogP contribution in [-0.4, -0.2) is 44.9 Å². The van der Waals surface area contributed by atoms with Gasteiger partial charge in [0.1, 0.15) is 13.2 Å². The predicted molar refractivity (Wildman–Crippen MR) is 122 cm³/mol. The van der Waals surface area contributed by atoms with Crippen molar-refractivity contribution < 1.29 is 23.0 Å². The van der Waals surface area contributed by atoms with Gasteiger partial charge in [0.05, 0.1) is 27.2 Å². The number of phosphoric ester groups is 1. The van der Waals surface area contributed by atoms with E-state index in [1.165, 1.54) is 70.6 Å². The molecule has 0 fully saturated rings. The van der Waals surface area contributed by atoms with Crippen LogP contribution in [0.3, 0.4) is 0 Å². The maximum atomic E-state index is 11.8. The predicted octanol–water partition coefficient (Wildman–Crippen LogP) is 6.23. The summed E-state index contributed by atoms with van der Waals surface area (Å²) >= 11 is 0. The van der Waals surface area contributed by atoms with Crippen molar-refractivity contribution in [2.24, 2.45) is 0 Å². The SMILES string of the molecule is C=CC[N+](C)(C)CCOP(=O)([O-])OCCCCCCCCCCCCCCCC. The number of phosphoric acid groups is 1. The summed E-state index contributed by atoms with van der Waals surface area (Å²) in [5, 5.41) is 0. The molecule has 0 radical (unpaired) electrons. The van der Waals surface area contributed by atoms with Crippen LogP contribution in [-0.2, 0) is 13.6 Å². The summed E-state index contributed by atoms with van der Waals surface area (Å²) < 4.78 is 22.3. The van der Waals surface area contributed by atoms with E-state index in [0.29, 0.717) is 11.0 Å². The average molecular weight is 434 g/mol. The van der Waals surface area contributed by atoms with E-state index in [-0.39, 0.29) is 13.2 Å². The number of nitrogens with zero attached hydrogens (tertiary/aromatic N) is 1. The average Bonchev–Trinajstić information content (AvgIpc) is 2.64. The van der Waals surface area contributed by atoms with Crippen molar-refractivity contribution in [2.45, 2.75) is 96.8 Å². The molecule has 5 nitrogen and oxygen atoms in total. The normalized spacial score (nSPS) is 14.1. The highest BCUT2D eigenvalue weighted by Gasteiger charge is 2.15. The minimum atomic E-state index is -4.17. The van der Waals surface area contributed by atoms with Gasteiger partial charge in [-0.1, -0.05) is 97.0 Å². The third-order valence-electron chi connectivity index (χ3n) is 5.32. The standard InChI is InChI=1S/C23H48NO4P/c1-5-7-8-9-10-11-12-13-14-15-16-17-18-19-22-27-29(25,26)28-23-21-24(3,4)20-6-2/h6H,2,5,7-23H2,1,3-4H3. The molecule has 0 spiro atoms. The molecule has 0 aliphatic heterocycles. The molecule has 1 unspecified atom stereocenters. The van der Waals surface area contributed by atoms with Crippen molar-refractivity contribution in [3.05, 3.63) is 12.7 Å². The van der Waals surface area contributed by atoms with Crippen LogP contribution < -0.4 is 4.89 Å². The summed E-state index contributed by atoms with van der Waals surface area (Å²) in [7, 11) is -0.149. The minimum Gasteiger partial charge on any atom is -0.756 e. The molecular weight excluding hydrogens is 385 g/mol. The van der Waals surface area contributed by atoms with Crippen molar-refractivity contribution in [1.82, 2.24) is 0 Å². The molecular formula is C23H48NO4P. The van der Waals surface area contributed by atoms with Gasteiger partial charge in [-0.15, -0.1) is 0 Å². The lowest BCUT2D eigenvalue weighted by molar-refractivity contribution is -0.884. The van der Waals surface area contributed by atoms with E-state index in [0.717, 1.165) is 25.8 Å². The van der Waals surface area contributed by atoms with Crippen LogP contribution in [0.5, 0.6) is 0 Å². The lowest BCUT2D eigenvalue weighted by Crippen LogP contribution is -2.42. The van der Waals surface area contributed by atoms with E-state index in [1.54, 1.807) is 0 Å². The van der Waals surface area contributed by atoms with E-state index < -0.39 is 7.82 Å². The Labute approximate surface area is 181 Å². The van der Waals surface area contributed by atoms with Gasteiger partial charge in [0.2, 0.25) is 0 Å². The van der Waals surface area contributed by atoms with Crippen molar-refractivity contribution in [3.63, 3.8) is 0 Å². The Bertz CT molecular complexity index is 429. The van der Waals surface area contributed by atoms with Crippen LogP contribution in [0.25, 0.3) is 0 Å². The Balaban J connectivity index is 3.42. The first kappa shape index (κ1) is 28.8. The summed E-state index contributed by atoms with van der Waals surface area (Å²) in [6.07, 6.45) is 19.7. The van der Waals surface area contributed by atoms with Crippen LogP contribution in [0.4, 0.5) is 0 Å². The highest BCUT2D eigenvalue weighted by atomic mass is 31.2. The molecule has 0 bridgehead atoms. The van der Waals surface area contributed by atoms with E-state index >= 15 is 0 Å². The molecule has 0 heterocycles. The number of unbranched alkanes of at least 4 members (excludes halogenated alkanes) is 13. The Morgan fingerprint density at radius 2 is 1.21 bits per heavy atom. The zero-order valence-electron chi connectivity index (χ0n) is 19.5. The second-order valence-electron chi connectivity index (χ2n) is 8.84. The Kier molecular flexibility index (Phi) is 18.4. The highest BCUT2D eigenvalue weighted by molar-refractivity contribution is 7.45. The number of hydrogen-bond acceptors (Lipinski definition) is 4. The second kappa shape index (κ2) is 18.6. The number of hydrogen-bond donors (Lipinski definition) is 0. The van der Waals surface area contributed by atoms with Crippen LogP contribution in [0.2, 0.25) is 0 Å². The monoisotopic (exact) mass is 433 g/mol. The quantitative estimate of drug-likeness (QED) is 0.0878. The molecule has 0 saturated carbocycles. The fourth-order valence-corrected chi connectivity index (χ4v) is 4.08. The van der Waals surface area contributed by atoms with E-state index in [2.05, 4.69) is 13.5 Å². The van der Waals surface area contributed by atoms with E-state index in [1.807, 2.05) is 20.2 Å². The third-order valence-corrected chi connectivity index (χ3v) is 6.31. The number of quaternary nitrogens is 1. The Morgan fingerprint density at radius 3 is 1.66 bits per heavy atom. The first-order valence-corrected chi connectivity index (χ1v) is 13.3. The van der Waals surface area contributed by atoms with Crippen molar-refractivity contribution in [3.8, 4) is 0 Å². The van der Waals surface area contributed by atoms with Gasteiger partial charge in [-0.3, -0.25) is 4.57 Å². The molecule has 0 N–H and O–H groups in total. The molecule has 0 aromatic rings. The summed E-state index contributed by atoms with van der Waals surface area (Å²) in [6, 6.07) is 0. The Morgan fingerprint density at radius 1 is 0.793 bits per heavy atom. The third kappa shape index (κ3) is 20.8. The van der Waals surface area contributed by atoms with Crippen molar-refractivity contribution in [1.29, 1.82) is 0 Å². The fourth-order valence-electron chi connectivity index (χ4n) is 3.35. The van der Waals surface area contributed by atoms with Gasteiger partial charge >= 0.3 is 0 Å². The molecule has 6 heteroatoms. The van der Waals surface area contributed by atoms with Gasteiger partial charge in [-0.2, -0.15) is 0 Å². The maximum absolute atomic E-state index is 11.8. The lowest BCUT2D eigenvalue weighted by atomic mass is 10.0. The molecule has 174 valence electrons. The van der Waals surface area contributed by atoms with Gasteiger partial charge in [0, 0.05) is 0 Å². The van der Waals surface area contributed by atoms with Crippen LogP contribution >= 0.6 is 7.82 Å².